The predicted molar refractivity (Wildman–Crippen MR) is 93.1 cm³/mol. The van der Waals surface area contributed by atoms with Crippen LogP contribution in [0.3, 0.4) is 0 Å². The summed E-state index contributed by atoms with van der Waals surface area (Å²) < 4.78 is 6.51. The average Bonchev–Trinajstić information content (AvgIpc) is 2.75. The van der Waals surface area contributed by atoms with Gasteiger partial charge in [-0.2, -0.15) is 0 Å². The van der Waals surface area contributed by atoms with Gasteiger partial charge in [0, 0.05) is 24.8 Å². The summed E-state index contributed by atoms with van der Waals surface area (Å²) in [5.74, 6) is 0.507. The van der Waals surface area contributed by atoms with Crippen LogP contribution >= 0.6 is 0 Å². The maximum absolute atomic E-state index is 13.3. The Hall–Kier alpha value is -0.650. The Labute approximate surface area is 151 Å². The molecule has 5 aliphatic rings. The van der Waals surface area contributed by atoms with E-state index in [1.165, 1.54) is 0 Å². The van der Waals surface area contributed by atoms with E-state index in [9.17, 15) is 4.79 Å². The highest BCUT2D eigenvalue weighted by Crippen LogP contribution is 2.60. The van der Waals surface area contributed by atoms with Gasteiger partial charge in [-0.25, -0.2) is 9.78 Å². The molecule has 5 nitrogen and oxygen atoms in total. The van der Waals surface area contributed by atoms with E-state index < -0.39 is 11.4 Å². The van der Waals surface area contributed by atoms with Crippen LogP contribution in [0.25, 0.3) is 0 Å². The first-order valence-corrected chi connectivity index (χ1v) is 9.92. The second kappa shape index (κ2) is 5.43. The van der Waals surface area contributed by atoms with Gasteiger partial charge in [-0.1, -0.05) is 34.6 Å². The maximum atomic E-state index is 13.3. The number of rotatable bonds is 1. The molecule has 0 aromatic heterocycles. The molecule has 1 unspecified atom stereocenters. The Bertz CT molecular complexity index is 573. The largest absolute Gasteiger partial charge is 0.321 e. The van der Waals surface area contributed by atoms with Crippen molar-refractivity contribution in [3.8, 4) is 0 Å². The van der Waals surface area contributed by atoms with Crippen LogP contribution in [0.4, 0.5) is 0 Å². The minimum atomic E-state index is -0.755. The number of piperidine rings is 1. The molecule has 1 spiro atoms. The van der Waals surface area contributed by atoms with E-state index >= 15 is 0 Å². The number of carbonyl (C=O) groups is 1. The van der Waals surface area contributed by atoms with Gasteiger partial charge >= 0.3 is 0 Å². The summed E-state index contributed by atoms with van der Waals surface area (Å²) in [4.78, 5) is 27.4. The van der Waals surface area contributed by atoms with E-state index in [4.69, 9.17) is 14.5 Å². The number of ether oxygens (including phenoxy) is 1. The zero-order chi connectivity index (χ0) is 18.2. The molecule has 0 aromatic carbocycles. The number of amides is 1. The molecule has 0 N–H and O–H groups in total. The number of fused-ring (bicyclic) bond motifs is 2. The average molecular weight is 351 g/mol. The van der Waals surface area contributed by atoms with Crippen LogP contribution in [0.1, 0.15) is 67.2 Å². The fourth-order valence-electron chi connectivity index (χ4n) is 5.83. The molecule has 1 amide bonds. The van der Waals surface area contributed by atoms with E-state index in [1.807, 2.05) is 11.8 Å². The van der Waals surface area contributed by atoms with Crippen molar-refractivity contribution in [2.45, 2.75) is 84.8 Å². The minimum Gasteiger partial charge on any atom is -0.321 e. The fourth-order valence-corrected chi connectivity index (χ4v) is 5.83. The number of carbonyl (C=O) groups excluding carboxylic acids is 1. The third-order valence-electron chi connectivity index (χ3n) is 7.00. The van der Waals surface area contributed by atoms with E-state index in [0.29, 0.717) is 18.4 Å². The zero-order valence-electron chi connectivity index (χ0n) is 16.5. The summed E-state index contributed by atoms with van der Waals surface area (Å²) >= 11 is 0. The first-order valence-electron chi connectivity index (χ1n) is 9.92. The van der Waals surface area contributed by atoms with Crippen molar-refractivity contribution >= 4 is 5.91 Å². The van der Waals surface area contributed by atoms with Gasteiger partial charge in [0.25, 0.3) is 0 Å². The van der Waals surface area contributed by atoms with Crippen molar-refractivity contribution in [3.63, 3.8) is 0 Å². The highest BCUT2D eigenvalue weighted by Gasteiger charge is 2.70. The van der Waals surface area contributed by atoms with E-state index in [-0.39, 0.29) is 29.4 Å². The Kier molecular flexibility index (Phi) is 3.85. The normalized spacial score (nSPS) is 49.8. The van der Waals surface area contributed by atoms with Crippen molar-refractivity contribution in [1.82, 2.24) is 4.90 Å². The van der Waals surface area contributed by atoms with Gasteiger partial charge < -0.3 is 9.64 Å². The summed E-state index contributed by atoms with van der Waals surface area (Å²) in [5.41, 5.74) is -0.516. The van der Waals surface area contributed by atoms with Gasteiger partial charge in [0.05, 0.1) is 0 Å². The summed E-state index contributed by atoms with van der Waals surface area (Å²) in [6.07, 6.45) is 3.68. The predicted octanol–water partition coefficient (Wildman–Crippen LogP) is 3.73. The lowest BCUT2D eigenvalue weighted by atomic mass is 9.57. The number of hydrogen-bond acceptors (Lipinski definition) is 4. The monoisotopic (exact) mass is 351 g/mol. The third-order valence-corrected chi connectivity index (χ3v) is 7.00. The van der Waals surface area contributed by atoms with Gasteiger partial charge in [0.2, 0.25) is 11.7 Å². The third kappa shape index (κ3) is 2.49. The van der Waals surface area contributed by atoms with Gasteiger partial charge in [-0.05, 0) is 43.4 Å². The lowest BCUT2D eigenvalue weighted by Crippen LogP contribution is -2.75. The summed E-state index contributed by atoms with van der Waals surface area (Å²) in [5, 5.41) is 0. The summed E-state index contributed by atoms with van der Waals surface area (Å²) in [6, 6.07) is 0. The Morgan fingerprint density at radius 2 is 1.84 bits per heavy atom. The summed E-state index contributed by atoms with van der Waals surface area (Å²) in [6.45, 7) is 13.5. The SMILES string of the molecule is C[C@@H]1CCC2[C@@H](C)C(=O)N(CC(C)(C)C)[C@@H]3O[C@@]4(C)CC[C@@H]1[C@@]23OO4. The molecule has 4 heterocycles. The van der Waals surface area contributed by atoms with Gasteiger partial charge in [0.1, 0.15) is 0 Å². The first kappa shape index (κ1) is 17.7. The minimum absolute atomic E-state index is 0.00526. The molecular formula is C20H33NO4. The zero-order valence-corrected chi connectivity index (χ0v) is 16.5. The second-order valence-electron chi connectivity index (χ2n) is 10.2. The van der Waals surface area contributed by atoms with Crippen molar-refractivity contribution in [1.29, 1.82) is 0 Å². The molecule has 5 heteroatoms. The van der Waals surface area contributed by atoms with Gasteiger partial charge in [-0.3, -0.25) is 4.79 Å². The first-order chi connectivity index (χ1) is 11.6. The van der Waals surface area contributed by atoms with Crippen molar-refractivity contribution in [2.75, 3.05) is 6.54 Å². The molecule has 25 heavy (non-hydrogen) atoms. The van der Waals surface area contributed by atoms with E-state index in [1.54, 1.807) is 0 Å². The molecule has 1 saturated carbocycles. The van der Waals surface area contributed by atoms with Crippen molar-refractivity contribution < 1.29 is 19.3 Å². The highest BCUT2D eigenvalue weighted by molar-refractivity contribution is 5.80. The highest BCUT2D eigenvalue weighted by atomic mass is 17.3. The molecule has 4 aliphatic heterocycles. The molecule has 7 atom stereocenters. The molecule has 1 aliphatic carbocycles. The van der Waals surface area contributed by atoms with Crippen LogP contribution in [-0.2, 0) is 19.3 Å². The smallest absolute Gasteiger partial charge is 0.227 e. The molecule has 5 fully saturated rings. The van der Waals surface area contributed by atoms with Gasteiger partial charge in [-0.15, -0.1) is 0 Å². The van der Waals surface area contributed by atoms with Crippen LogP contribution < -0.4 is 0 Å². The quantitative estimate of drug-likeness (QED) is 0.676. The molecule has 142 valence electrons. The lowest BCUT2D eigenvalue weighted by Gasteiger charge is -2.62. The van der Waals surface area contributed by atoms with Crippen molar-refractivity contribution in [3.05, 3.63) is 0 Å². The second-order valence-corrected chi connectivity index (χ2v) is 10.2. The Morgan fingerprint density at radius 3 is 2.52 bits per heavy atom. The molecule has 0 radical (unpaired) electrons. The van der Waals surface area contributed by atoms with E-state index in [0.717, 1.165) is 25.7 Å². The standard InChI is InChI=1S/C20H33NO4/c1-12-7-8-15-13(2)16(22)21(11-18(3,4)5)17-20(15)14(12)9-10-19(6,23-17)24-25-20/h12-15,17H,7-11H2,1-6H3/t12-,13-,14+,15?,17-,19-,20-/m1/s1. The van der Waals surface area contributed by atoms with Crippen LogP contribution in [0.15, 0.2) is 0 Å². The maximum Gasteiger partial charge on any atom is 0.227 e. The Morgan fingerprint density at radius 1 is 1.12 bits per heavy atom. The molecular weight excluding hydrogens is 318 g/mol. The lowest BCUT2D eigenvalue weighted by molar-refractivity contribution is -0.548. The van der Waals surface area contributed by atoms with Crippen LogP contribution in [-0.4, -0.2) is 35.0 Å². The topological polar surface area (TPSA) is 48.0 Å². The molecule has 0 aromatic rings. The van der Waals surface area contributed by atoms with Crippen LogP contribution in [0.5, 0.6) is 0 Å². The molecule has 4 saturated heterocycles. The van der Waals surface area contributed by atoms with Crippen molar-refractivity contribution in [2.24, 2.45) is 29.1 Å². The van der Waals surface area contributed by atoms with E-state index in [2.05, 4.69) is 34.6 Å². The fraction of sp³-hybridized carbons (Fsp3) is 0.950. The van der Waals surface area contributed by atoms with Gasteiger partial charge in [0.15, 0.2) is 11.8 Å². The number of hydrogen-bond donors (Lipinski definition) is 0. The molecule has 5 rings (SSSR count). The Balaban J connectivity index is 1.83. The van der Waals surface area contributed by atoms with Crippen LogP contribution in [0.2, 0.25) is 0 Å². The number of likely N-dealkylation sites (tertiary alicyclic amines) is 1. The van der Waals surface area contributed by atoms with Crippen LogP contribution in [0, 0.1) is 29.1 Å². The summed E-state index contributed by atoms with van der Waals surface area (Å²) in [7, 11) is 0. The number of nitrogens with zero attached hydrogens (tertiary/aromatic N) is 1. The molecule has 2 bridgehead atoms.